The van der Waals surface area contributed by atoms with Crippen molar-refractivity contribution in [2.24, 2.45) is 0 Å². The van der Waals surface area contributed by atoms with Gasteiger partial charge in [0.1, 0.15) is 11.2 Å². The number of furan rings is 1. The molecule has 0 saturated carbocycles. The van der Waals surface area contributed by atoms with E-state index in [1.165, 1.54) is 0 Å². The lowest BCUT2D eigenvalue weighted by Gasteiger charge is -2.13. The van der Waals surface area contributed by atoms with Gasteiger partial charge in [0.15, 0.2) is 0 Å². The average Bonchev–Trinajstić information content (AvgIpc) is 3.71. The van der Waals surface area contributed by atoms with Crippen molar-refractivity contribution in [1.82, 2.24) is 0 Å². The maximum Gasteiger partial charge on any atom is 0.135 e. The fourth-order valence-electron chi connectivity index (χ4n) is 6.09. The highest BCUT2D eigenvalue weighted by Crippen LogP contribution is 2.41. The van der Waals surface area contributed by atoms with Crippen molar-refractivity contribution in [3.05, 3.63) is 145 Å². The summed E-state index contributed by atoms with van der Waals surface area (Å²) in [5, 5.41) is -4.09. The lowest BCUT2D eigenvalue weighted by molar-refractivity contribution is 0.669. The third-order valence-electron chi connectivity index (χ3n) is 8.09. The van der Waals surface area contributed by atoms with Crippen LogP contribution in [-0.2, 0) is 0 Å². The minimum atomic E-state index is -0.799. The summed E-state index contributed by atoms with van der Waals surface area (Å²) in [5.41, 5.74) is -2.92. The van der Waals surface area contributed by atoms with Crippen molar-refractivity contribution >= 4 is 86.6 Å². The van der Waals surface area contributed by atoms with E-state index in [1.54, 1.807) is 0 Å². The molecule has 1 heterocycles. The summed E-state index contributed by atoms with van der Waals surface area (Å²) in [5.74, 6) is 0. The number of benzene rings is 10. The first kappa shape index (κ1) is 10.9. The molecule has 1 nitrogen and oxygen atoms in total. The smallest absolute Gasteiger partial charge is 0.135 e. The Kier molecular flexibility index (Phi) is 2.03. The summed E-state index contributed by atoms with van der Waals surface area (Å²) in [6, 6.07) is -14.2. The number of hydrogen-bond donors (Lipinski definition) is 0. The largest absolute Gasteiger partial charge is 0.456 e. The lowest BCUT2D eigenvalue weighted by atomic mass is 9.90. The van der Waals surface area contributed by atoms with Gasteiger partial charge in [-0.2, -0.15) is 0 Å². The van der Waals surface area contributed by atoms with Crippen LogP contribution in [0.3, 0.4) is 0 Å². The Morgan fingerprint density at radius 3 is 1.24 bits per heavy atom. The topological polar surface area (TPSA) is 13.1 Å². The van der Waals surface area contributed by atoms with E-state index in [0.717, 1.165) is 6.07 Å². The highest BCUT2D eigenvalue weighted by atomic mass is 16.3. The molecule has 0 N–H and O–H groups in total. The van der Waals surface area contributed by atoms with Crippen molar-refractivity contribution in [1.29, 1.82) is 0 Å². The first-order chi connectivity index (χ1) is 31.9. The summed E-state index contributed by atoms with van der Waals surface area (Å²) < 4.78 is 213. The minimum absolute atomic E-state index is 0.132. The van der Waals surface area contributed by atoms with Crippen LogP contribution in [0.5, 0.6) is 0 Å². The second-order valence-electron chi connectivity index (χ2n) is 10.6. The molecule has 0 atom stereocenters. The molecule has 0 unspecified atom stereocenters. The van der Waals surface area contributed by atoms with Gasteiger partial charge in [-0.25, -0.2) is 0 Å². The molecular weight excluding hydrogens is 544 g/mol. The molecule has 0 aliphatic carbocycles. The molecule has 11 aromatic rings. The van der Waals surface area contributed by atoms with E-state index in [0.29, 0.717) is 0 Å². The van der Waals surface area contributed by atoms with Gasteiger partial charge < -0.3 is 4.42 Å². The standard InChI is InChI=1S/C44H24O/c1-3-25-7-11-31-19-35(20-32-12-8-26(4-1)41(25)43(31)32)29-15-17-39-37(23-29)38-24-30(16-18-40(38)45-39)36-21-33-13-9-27-5-2-6-28-10-14-34(22-36)44(33)42(27)28/h1-24H/i1D,2D,3D,4D,5D,6D,7D,8D,9D,10D,11D,12D,13D,14D,15D,17D,18D,19D,20D,21D,22D,23D,24D. The molecule has 0 bridgehead atoms. The van der Waals surface area contributed by atoms with Gasteiger partial charge in [-0.05, 0) is 135 Å². The molecule has 0 aliphatic rings. The zero-order valence-electron chi connectivity index (χ0n) is 45.5. The Labute approximate surface area is 290 Å². The SMILES string of the molecule is [2H]c1c(-c2c([2H])c3c([2H])c([2H])c4c([2H])c([2H])c([2H])c5c([2H])c([2H])c(c2[2H])c3c45)c([2H])c2c(oc3c([2H])cc(-c4c([2H])c5c([2H])c([2H])c6c([2H])c([2H])c([2H])c7c([2H])c([2H])c(c4[2H])c5c67)c([2H])c32)c1[2H]. The molecule has 0 spiro atoms. The summed E-state index contributed by atoms with van der Waals surface area (Å²) >= 11 is 0. The normalized spacial score (nSPS) is 19.6. The van der Waals surface area contributed by atoms with Crippen LogP contribution in [0.25, 0.3) is 109 Å². The van der Waals surface area contributed by atoms with Gasteiger partial charge in [-0.1, -0.05) is 96.7 Å². The molecule has 45 heavy (non-hydrogen) atoms. The second-order valence-corrected chi connectivity index (χ2v) is 10.6. The van der Waals surface area contributed by atoms with E-state index < -0.39 is 183 Å². The Hall–Kier alpha value is -5.92. The fraction of sp³-hybridized carbons (Fsp3) is 0. The van der Waals surface area contributed by atoms with Gasteiger partial charge in [0.25, 0.3) is 0 Å². The van der Waals surface area contributed by atoms with Crippen molar-refractivity contribution in [2.45, 2.75) is 0 Å². The van der Waals surface area contributed by atoms with E-state index in [9.17, 15) is 8.22 Å². The minimum Gasteiger partial charge on any atom is -0.456 e. The van der Waals surface area contributed by atoms with Gasteiger partial charge >= 0.3 is 0 Å². The van der Waals surface area contributed by atoms with Gasteiger partial charge in [0.2, 0.25) is 0 Å². The van der Waals surface area contributed by atoms with Crippen LogP contribution < -0.4 is 0 Å². The molecule has 0 saturated heterocycles. The van der Waals surface area contributed by atoms with E-state index in [1.807, 2.05) is 0 Å². The Morgan fingerprint density at radius 2 is 0.733 bits per heavy atom. The molecule has 11 rings (SSSR count). The van der Waals surface area contributed by atoms with Crippen LogP contribution >= 0.6 is 0 Å². The summed E-state index contributed by atoms with van der Waals surface area (Å²) in [6.45, 7) is 0. The Morgan fingerprint density at radius 1 is 0.333 bits per heavy atom. The van der Waals surface area contributed by atoms with E-state index in [-0.39, 0.29) is 64.8 Å². The highest BCUT2D eigenvalue weighted by Gasteiger charge is 2.15. The monoisotopic (exact) mass is 591 g/mol. The quantitative estimate of drug-likeness (QED) is 0.182. The van der Waals surface area contributed by atoms with Crippen LogP contribution in [0.2, 0.25) is 0 Å². The first-order valence-electron chi connectivity index (χ1n) is 25.2. The summed E-state index contributed by atoms with van der Waals surface area (Å²) in [7, 11) is 0. The van der Waals surface area contributed by atoms with E-state index in [4.69, 9.17) is 27.7 Å². The highest BCUT2D eigenvalue weighted by molar-refractivity contribution is 6.25. The maximum atomic E-state index is 9.64. The molecule has 1 heteroatoms. The molecule has 0 fully saturated rings. The molecule has 206 valence electrons. The molecular formula is C44H24O. The second kappa shape index (κ2) is 8.37. The Bertz CT molecular complexity index is 4110. The van der Waals surface area contributed by atoms with Crippen molar-refractivity contribution in [3.8, 4) is 22.3 Å². The fourth-order valence-corrected chi connectivity index (χ4v) is 6.09. The van der Waals surface area contributed by atoms with Gasteiger partial charge in [0, 0.05) is 10.8 Å². The third-order valence-corrected chi connectivity index (χ3v) is 8.09. The first-order valence-corrected chi connectivity index (χ1v) is 13.7. The molecule has 10 aromatic carbocycles. The van der Waals surface area contributed by atoms with Crippen LogP contribution in [0, 0.1) is 0 Å². The van der Waals surface area contributed by atoms with Crippen LogP contribution in [0.4, 0.5) is 0 Å². The van der Waals surface area contributed by atoms with Gasteiger partial charge in [0.05, 0.1) is 31.5 Å². The van der Waals surface area contributed by atoms with Gasteiger partial charge in [-0.3, -0.25) is 0 Å². The predicted molar refractivity (Wildman–Crippen MR) is 192 cm³/mol. The van der Waals surface area contributed by atoms with Crippen molar-refractivity contribution in [3.63, 3.8) is 0 Å². The maximum absolute atomic E-state index is 9.64. The summed E-state index contributed by atoms with van der Waals surface area (Å²) in [4.78, 5) is 0. The van der Waals surface area contributed by atoms with E-state index >= 15 is 0 Å². The number of rotatable bonds is 2. The van der Waals surface area contributed by atoms with E-state index in [2.05, 4.69) is 0 Å². The molecule has 0 amide bonds. The zero-order chi connectivity index (χ0) is 49.2. The lowest BCUT2D eigenvalue weighted by Crippen LogP contribution is -1.86. The zero-order valence-corrected chi connectivity index (χ0v) is 22.5. The van der Waals surface area contributed by atoms with Crippen LogP contribution in [-0.4, -0.2) is 0 Å². The van der Waals surface area contributed by atoms with Gasteiger partial charge in [-0.15, -0.1) is 0 Å². The molecule has 0 aliphatic heterocycles. The molecule has 1 aromatic heterocycles. The van der Waals surface area contributed by atoms with Crippen molar-refractivity contribution < 1.29 is 35.9 Å². The molecule has 0 radical (unpaired) electrons. The van der Waals surface area contributed by atoms with Crippen molar-refractivity contribution in [2.75, 3.05) is 0 Å². The Balaban J connectivity index is 1.28. The number of hydrogen-bond acceptors (Lipinski definition) is 1. The predicted octanol–water partition coefficient (Wildman–Crippen LogP) is 12.7. The average molecular weight is 592 g/mol. The van der Waals surface area contributed by atoms with Crippen LogP contribution in [0.1, 0.15) is 31.5 Å². The summed E-state index contributed by atoms with van der Waals surface area (Å²) in [6.07, 6.45) is 0. The third kappa shape index (κ3) is 3.22. The number of fused-ring (bicyclic) bond motifs is 3. The van der Waals surface area contributed by atoms with Crippen LogP contribution in [0.15, 0.2) is 149 Å².